The predicted molar refractivity (Wildman–Crippen MR) is 56.6 cm³/mol. The molecule has 5 heteroatoms. The van der Waals surface area contributed by atoms with Crippen LogP contribution < -0.4 is 5.73 Å². The van der Waals surface area contributed by atoms with Gasteiger partial charge in [-0.05, 0) is 18.5 Å². The monoisotopic (exact) mass is 210 g/mol. The second-order valence-electron chi connectivity index (χ2n) is 3.23. The van der Waals surface area contributed by atoms with Gasteiger partial charge in [0.05, 0.1) is 4.92 Å². The Morgan fingerprint density at radius 3 is 2.67 bits per heavy atom. The minimum atomic E-state index is -0.426. The highest BCUT2D eigenvalue weighted by molar-refractivity contribution is 5.43. The number of aliphatic hydroxyl groups is 1. The van der Waals surface area contributed by atoms with E-state index in [1.807, 2.05) is 6.07 Å². The minimum absolute atomic E-state index is 0.0648. The molecular formula is C10H14N2O3. The van der Waals surface area contributed by atoms with Crippen LogP contribution in [0.1, 0.15) is 11.1 Å². The van der Waals surface area contributed by atoms with Gasteiger partial charge in [0, 0.05) is 24.7 Å². The van der Waals surface area contributed by atoms with Crippen LogP contribution in [0, 0.1) is 10.1 Å². The van der Waals surface area contributed by atoms with Gasteiger partial charge >= 0.3 is 0 Å². The van der Waals surface area contributed by atoms with E-state index in [1.165, 1.54) is 6.07 Å². The molecule has 0 aliphatic heterocycles. The van der Waals surface area contributed by atoms with E-state index in [9.17, 15) is 10.1 Å². The summed E-state index contributed by atoms with van der Waals surface area (Å²) in [7, 11) is 0. The summed E-state index contributed by atoms with van der Waals surface area (Å²) >= 11 is 0. The summed E-state index contributed by atoms with van der Waals surface area (Å²) in [6, 6.07) is 5.02. The summed E-state index contributed by atoms with van der Waals surface area (Å²) in [6.07, 6.45) is 0.930. The second kappa shape index (κ2) is 5.43. The van der Waals surface area contributed by atoms with Crippen molar-refractivity contribution >= 4 is 5.69 Å². The fraction of sp³-hybridized carbons (Fsp3) is 0.400. The maximum Gasteiger partial charge on any atom is 0.272 e. The van der Waals surface area contributed by atoms with E-state index in [-0.39, 0.29) is 12.3 Å². The molecule has 1 aromatic carbocycles. The first-order valence-electron chi connectivity index (χ1n) is 4.76. The quantitative estimate of drug-likeness (QED) is 0.551. The molecule has 0 aromatic heterocycles. The van der Waals surface area contributed by atoms with Crippen LogP contribution in [0.3, 0.4) is 0 Å². The van der Waals surface area contributed by atoms with E-state index < -0.39 is 4.92 Å². The number of benzene rings is 1. The van der Waals surface area contributed by atoms with Crippen molar-refractivity contribution in [2.45, 2.75) is 12.8 Å². The molecule has 0 saturated carbocycles. The summed E-state index contributed by atoms with van der Waals surface area (Å²) in [5, 5.41) is 19.5. The van der Waals surface area contributed by atoms with Crippen molar-refractivity contribution in [2.75, 3.05) is 13.2 Å². The van der Waals surface area contributed by atoms with Crippen LogP contribution in [0.5, 0.6) is 0 Å². The van der Waals surface area contributed by atoms with Crippen LogP contribution in [-0.2, 0) is 12.8 Å². The van der Waals surface area contributed by atoms with E-state index in [0.29, 0.717) is 24.9 Å². The van der Waals surface area contributed by atoms with Crippen LogP contribution in [-0.4, -0.2) is 23.2 Å². The highest BCUT2D eigenvalue weighted by Gasteiger charge is 2.13. The number of nitro groups is 1. The molecule has 0 aliphatic rings. The Labute approximate surface area is 87.7 Å². The van der Waals surface area contributed by atoms with Gasteiger partial charge < -0.3 is 10.8 Å². The van der Waals surface area contributed by atoms with Gasteiger partial charge in [-0.1, -0.05) is 12.1 Å². The Bertz CT molecular complexity index is 353. The number of rotatable bonds is 5. The third kappa shape index (κ3) is 3.00. The molecule has 0 amide bonds. The average Bonchev–Trinajstić information content (AvgIpc) is 2.21. The smallest absolute Gasteiger partial charge is 0.272 e. The van der Waals surface area contributed by atoms with Gasteiger partial charge in [-0.25, -0.2) is 0 Å². The van der Waals surface area contributed by atoms with Gasteiger partial charge in [0.1, 0.15) is 0 Å². The Morgan fingerprint density at radius 1 is 1.40 bits per heavy atom. The van der Waals surface area contributed by atoms with Crippen molar-refractivity contribution in [3.05, 3.63) is 39.4 Å². The molecule has 1 rings (SSSR count). The number of hydrogen-bond donors (Lipinski definition) is 2. The lowest BCUT2D eigenvalue weighted by Gasteiger charge is -2.03. The maximum absolute atomic E-state index is 10.7. The lowest BCUT2D eigenvalue weighted by molar-refractivity contribution is -0.385. The molecule has 0 bridgehead atoms. The van der Waals surface area contributed by atoms with E-state index in [1.54, 1.807) is 6.07 Å². The van der Waals surface area contributed by atoms with Crippen molar-refractivity contribution in [1.29, 1.82) is 0 Å². The van der Waals surface area contributed by atoms with Gasteiger partial charge in [-0.15, -0.1) is 0 Å². The van der Waals surface area contributed by atoms with Gasteiger partial charge in [-0.3, -0.25) is 10.1 Å². The van der Waals surface area contributed by atoms with Crippen molar-refractivity contribution in [1.82, 2.24) is 0 Å². The van der Waals surface area contributed by atoms with Gasteiger partial charge in [0.2, 0.25) is 0 Å². The summed E-state index contributed by atoms with van der Waals surface area (Å²) in [4.78, 5) is 10.3. The van der Waals surface area contributed by atoms with E-state index >= 15 is 0 Å². The number of aliphatic hydroxyl groups excluding tert-OH is 1. The van der Waals surface area contributed by atoms with Crippen LogP contribution >= 0.6 is 0 Å². The fourth-order valence-corrected chi connectivity index (χ4v) is 1.43. The second-order valence-corrected chi connectivity index (χ2v) is 3.23. The van der Waals surface area contributed by atoms with Crippen molar-refractivity contribution in [3.63, 3.8) is 0 Å². The van der Waals surface area contributed by atoms with Gasteiger partial charge in [0.25, 0.3) is 5.69 Å². The standard InChI is InChI=1S/C10H14N2O3/c11-5-3-8-1-2-9(4-6-13)10(7-8)12(14)15/h1-2,7,13H,3-6,11H2. The molecule has 0 aliphatic carbocycles. The molecule has 0 spiro atoms. The van der Waals surface area contributed by atoms with Gasteiger partial charge in [-0.2, -0.15) is 0 Å². The first-order valence-corrected chi connectivity index (χ1v) is 4.76. The number of hydrogen-bond acceptors (Lipinski definition) is 4. The number of nitrogens with two attached hydrogens (primary N) is 1. The van der Waals surface area contributed by atoms with Crippen molar-refractivity contribution in [3.8, 4) is 0 Å². The van der Waals surface area contributed by atoms with Crippen molar-refractivity contribution in [2.24, 2.45) is 5.73 Å². The number of nitro benzene ring substituents is 1. The van der Waals surface area contributed by atoms with Gasteiger partial charge in [0.15, 0.2) is 0 Å². The fourth-order valence-electron chi connectivity index (χ4n) is 1.43. The maximum atomic E-state index is 10.7. The van der Waals surface area contributed by atoms with E-state index in [4.69, 9.17) is 10.8 Å². The molecule has 15 heavy (non-hydrogen) atoms. The Morgan fingerprint density at radius 2 is 2.13 bits per heavy atom. The minimum Gasteiger partial charge on any atom is -0.396 e. The molecule has 82 valence electrons. The zero-order chi connectivity index (χ0) is 11.3. The van der Waals surface area contributed by atoms with Crippen LogP contribution in [0.25, 0.3) is 0 Å². The molecule has 3 N–H and O–H groups in total. The van der Waals surface area contributed by atoms with E-state index in [0.717, 1.165) is 5.56 Å². The zero-order valence-corrected chi connectivity index (χ0v) is 8.35. The molecule has 0 unspecified atom stereocenters. The lowest BCUT2D eigenvalue weighted by atomic mass is 10.0. The topological polar surface area (TPSA) is 89.4 Å². The summed E-state index contributed by atoms with van der Waals surface area (Å²) in [5.41, 5.74) is 6.85. The predicted octanol–water partition coefficient (Wildman–Crippen LogP) is 0.631. The highest BCUT2D eigenvalue weighted by atomic mass is 16.6. The molecule has 0 radical (unpaired) electrons. The van der Waals surface area contributed by atoms with Crippen LogP contribution in [0.2, 0.25) is 0 Å². The molecule has 0 atom stereocenters. The van der Waals surface area contributed by atoms with Crippen LogP contribution in [0.4, 0.5) is 5.69 Å². The Balaban J connectivity index is 3.03. The molecule has 0 saturated heterocycles. The molecular weight excluding hydrogens is 196 g/mol. The average molecular weight is 210 g/mol. The highest BCUT2D eigenvalue weighted by Crippen LogP contribution is 2.20. The third-order valence-corrected chi connectivity index (χ3v) is 2.16. The Hall–Kier alpha value is -1.46. The molecule has 5 nitrogen and oxygen atoms in total. The third-order valence-electron chi connectivity index (χ3n) is 2.16. The van der Waals surface area contributed by atoms with E-state index in [2.05, 4.69) is 0 Å². The Kier molecular flexibility index (Phi) is 4.20. The lowest BCUT2D eigenvalue weighted by Crippen LogP contribution is -2.04. The summed E-state index contributed by atoms with van der Waals surface area (Å²) in [6.45, 7) is 0.383. The first-order chi connectivity index (χ1) is 7.19. The summed E-state index contributed by atoms with van der Waals surface area (Å²) < 4.78 is 0. The first kappa shape index (κ1) is 11.6. The SMILES string of the molecule is NCCc1ccc(CCO)c([N+](=O)[O-])c1. The van der Waals surface area contributed by atoms with Crippen molar-refractivity contribution < 1.29 is 10.0 Å². The zero-order valence-electron chi connectivity index (χ0n) is 8.35. The largest absolute Gasteiger partial charge is 0.396 e. The van der Waals surface area contributed by atoms with Crippen LogP contribution in [0.15, 0.2) is 18.2 Å². The molecule has 1 aromatic rings. The summed E-state index contributed by atoms with van der Waals surface area (Å²) in [5.74, 6) is 0. The number of nitrogens with zero attached hydrogens (tertiary/aromatic N) is 1. The normalized spacial score (nSPS) is 10.3. The molecule has 0 fully saturated rings. The molecule has 0 heterocycles.